The van der Waals surface area contributed by atoms with Crippen LogP contribution < -0.4 is 5.73 Å². The van der Waals surface area contributed by atoms with E-state index in [-0.39, 0.29) is 5.54 Å². The summed E-state index contributed by atoms with van der Waals surface area (Å²) in [7, 11) is 0. The van der Waals surface area contributed by atoms with Gasteiger partial charge >= 0.3 is 0 Å². The fourth-order valence-electron chi connectivity index (χ4n) is 2.80. The van der Waals surface area contributed by atoms with Gasteiger partial charge in [-0.2, -0.15) is 0 Å². The Balaban J connectivity index is 1.83. The maximum Gasteiger partial charge on any atom is 0.0109 e. The molecule has 2 bridgehead atoms. The van der Waals surface area contributed by atoms with Crippen LogP contribution in [-0.2, 0) is 0 Å². The molecular formula is C11H22N2. The zero-order valence-electron chi connectivity index (χ0n) is 8.92. The van der Waals surface area contributed by atoms with Crippen LogP contribution in [0, 0.1) is 0 Å². The summed E-state index contributed by atoms with van der Waals surface area (Å²) in [5.74, 6) is 0. The average Bonchev–Trinajstić information content (AvgIpc) is 2.57. The number of nitrogens with zero attached hydrogens (tertiary/aromatic N) is 1. The summed E-state index contributed by atoms with van der Waals surface area (Å²) >= 11 is 0. The first-order chi connectivity index (χ1) is 6.06. The molecule has 0 amide bonds. The molecule has 2 aliphatic rings. The highest BCUT2D eigenvalue weighted by molar-refractivity contribution is 4.95. The molecule has 2 N–H and O–H groups in total. The average molecular weight is 182 g/mol. The zero-order chi connectivity index (χ0) is 9.47. The number of hydrogen-bond acceptors (Lipinski definition) is 2. The molecular weight excluding hydrogens is 160 g/mol. The Kier molecular flexibility index (Phi) is 2.37. The molecule has 2 fully saturated rings. The van der Waals surface area contributed by atoms with E-state index in [2.05, 4.69) is 18.7 Å². The van der Waals surface area contributed by atoms with Gasteiger partial charge in [0.15, 0.2) is 0 Å². The van der Waals surface area contributed by atoms with Crippen LogP contribution in [0.3, 0.4) is 0 Å². The second-order valence-corrected chi connectivity index (χ2v) is 5.44. The lowest BCUT2D eigenvalue weighted by atomic mass is 10.0. The molecule has 0 aromatic rings. The Bertz CT molecular complexity index is 163. The minimum atomic E-state index is 0.0159. The first-order valence-electron chi connectivity index (χ1n) is 5.61. The standard InChI is InChI=1S/C11H22N2/c1-11(2,12)7-8-13-9-3-4-10(13)6-5-9/h9-10H,3-8,12H2,1-2H3. The van der Waals surface area contributed by atoms with Crippen molar-refractivity contribution in [3.8, 4) is 0 Å². The Morgan fingerprint density at radius 3 is 2.00 bits per heavy atom. The van der Waals surface area contributed by atoms with Crippen molar-refractivity contribution < 1.29 is 0 Å². The summed E-state index contributed by atoms with van der Waals surface area (Å²) < 4.78 is 0. The van der Waals surface area contributed by atoms with Gasteiger partial charge in [0.2, 0.25) is 0 Å². The van der Waals surface area contributed by atoms with Crippen LogP contribution in [0.4, 0.5) is 0 Å². The normalized spacial score (nSPS) is 34.4. The molecule has 0 aromatic carbocycles. The maximum absolute atomic E-state index is 6.00. The lowest BCUT2D eigenvalue weighted by Gasteiger charge is -2.26. The summed E-state index contributed by atoms with van der Waals surface area (Å²) in [4.78, 5) is 2.70. The molecule has 13 heavy (non-hydrogen) atoms. The van der Waals surface area contributed by atoms with Crippen LogP contribution in [0.25, 0.3) is 0 Å². The predicted octanol–water partition coefficient (Wildman–Crippen LogP) is 1.74. The summed E-state index contributed by atoms with van der Waals surface area (Å²) in [5, 5.41) is 0. The van der Waals surface area contributed by atoms with Crippen molar-refractivity contribution in [1.82, 2.24) is 4.90 Å². The molecule has 2 rings (SSSR count). The summed E-state index contributed by atoms with van der Waals surface area (Å²) in [5.41, 5.74) is 6.01. The van der Waals surface area contributed by atoms with Gasteiger partial charge in [0, 0.05) is 24.2 Å². The van der Waals surface area contributed by atoms with Gasteiger partial charge < -0.3 is 5.73 Å². The third kappa shape index (κ3) is 2.05. The summed E-state index contributed by atoms with van der Waals surface area (Å²) in [6, 6.07) is 1.82. The molecule has 0 spiro atoms. The zero-order valence-corrected chi connectivity index (χ0v) is 8.92. The summed E-state index contributed by atoms with van der Waals surface area (Å²) in [6.07, 6.45) is 6.90. The quantitative estimate of drug-likeness (QED) is 0.720. The van der Waals surface area contributed by atoms with Crippen LogP contribution >= 0.6 is 0 Å². The molecule has 0 radical (unpaired) electrons. The molecule has 0 aromatic heterocycles. The lowest BCUT2D eigenvalue weighted by Crippen LogP contribution is -2.39. The summed E-state index contributed by atoms with van der Waals surface area (Å²) in [6.45, 7) is 5.48. The number of hydrogen-bond donors (Lipinski definition) is 1. The molecule has 0 saturated carbocycles. The van der Waals surface area contributed by atoms with E-state index in [1.54, 1.807) is 0 Å². The Morgan fingerprint density at radius 2 is 1.62 bits per heavy atom. The van der Waals surface area contributed by atoms with Gasteiger partial charge in [0.1, 0.15) is 0 Å². The first kappa shape index (κ1) is 9.47. The third-order valence-corrected chi connectivity index (χ3v) is 3.62. The van der Waals surface area contributed by atoms with Crippen LogP contribution in [0.5, 0.6) is 0 Å². The topological polar surface area (TPSA) is 29.3 Å². The van der Waals surface area contributed by atoms with Crippen LogP contribution in [0.2, 0.25) is 0 Å². The number of nitrogens with two attached hydrogens (primary N) is 1. The van der Waals surface area contributed by atoms with E-state index in [9.17, 15) is 0 Å². The Hall–Kier alpha value is -0.0800. The van der Waals surface area contributed by atoms with Crippen LogP contribution in [0.15, 0.2) is 0 Å². The number of fused-ring (bicyclic) bond motifs is 2. The van der Waals surface area contributed by atoms with Crippen LogP contribution in [-0.4, -0.2) is 29.1 Å². The fourth-order valence-corrected chi connectivity index (χ4v) is 2.80. The highest BCUT2D eigenvalue weighted by Gasteiger charge is 2.38. The van der Waals surface area contributed by atoms with E-state index >= 15 is 0 Å². The van der Waals surface area contributed by atoms with Gasteiger partial charge in [-0.3, -0.25) is 4.90 Å². The van der Waals surface area contributed by atoms with E-state index in [0.717, 1.165) is 18.5 Å². The monoisotopic (exact) mass is 182 g/mol. The largest absolute Gasteiger partial charge is 0.326 e. The molecule has 2 nitrogen and oxygen atoms in total. The van der Waals surface area contributed by atoms with Gasteiger partial charge in [0.05, 0.1) is 0 Å². The van der Waals surface area contributed by atoms with E-state index in [1.165, 1.54) is 32.2 Å². The van der Waals surface area contributed by atoms with Crippen molar-refractivity contribution in [2.45, 2.75) is 63.6 Å². The van der Waals surface area contributed by atoms with Crippen molar-refractivity contribution in [3.63, 3.8) is 0 Å². The van der Waals surface area contributed by atoms with E-state index in [0.29, 0.717) is 0 Å². The predicted molar refractivity (Wildman–Crippen MR) is 55.6 cm³/mol. The minimum Gasteiger partial charge on any atom is -0.326 e. The van der Waals surface area contributed by atoms with Crippen molar-refractivity contribution in [3.05, 3.63) is 0 Å². The van der Waals surface area contributed by atoms with Gasteiger partial charge in [-0.05, 0) is 46.0 Å². The highest BCUT2D eigenvalue weighted by atomic mass is 15.2. The maximum atomic E-state index is 6.00. The fraction of sp³-hybridized carbons (Fsp3) is 1.00. The van der Waals surface area contributed by atoms with Crippen LogP contribution in [0.1, 0.15) is 46.0 Å². The molecule has 0 atom stereocenters. The van der Waals surface area contributed by atoms with Gasteiger partial charge in [-0.15, -0.1) is 0 Å². The number of rotatable bonds is 3. The SMILES string of the molecule is CC(C)(N)CCN1C2CCC1CC2. The van der Waals surface area contributed by atoms with Gasteiger partial charge in [-0.25, -0.2) is 0 Å². The molecule has 0 aliphatic carbocycles. The molecule has 2 aliphatic heterocycles. The molecule has 2 saturated heterocycles. The second kappa shape index (κ2) is 3.25. The van der Waals surface area contributed by atoms with E-state index in [1.807, 2.05) is 0 Å². The second-order valence-electron chi connectivity index (χ2n) is 5.44. The van der Waals surface area contributed by atoms with Crippen molar-refractivity contribution in [1.29, 1.82) is 0 Å². The Morgan fingerprint density at radius 1 is 1.15 bits per heavy atom. The Labute approximate surface area is 81.5 Å². The molecule has 76 valence electrons. The van der Waals surface area contributed by atoms with Crippen molar-refractivity contribution in [2.24, 2.45) is 5.73 Å². The van der Waals surface area contributed by atoms with E-state index < -0.39 is 0 Å². The smallest absolute Gasteiger partial charge is 0.0109 e. The molecule has 2 heteroatoms. The molecule has 2 heterocycles. The van der Waals surface area contributed by atoms with E-state index in [4.69, 9.17) is 5.73 Å². The van der Waals surface area contributed by atoms with Gasteiger partial charge in [-0.1, -0.05) is 0 Å². The first-order valence-corrected chi connectivity index (χ1v) is 5.61. The van der Waals surface area contributed by atoms with Gasteiger partial charge in [0.25, 0.3) is 0 Å². The minimum absolute atomic E-state index is 0.0159. The van der Waals surface area contributed by atoms with Crippen molar-refractivity contribution in [2.75, 3.05) is 6.54 Å². The molecule has 0 unspecified atom stereocenters. The highest BCUT2D eigenvalue weighted by Crippen LogP contribution is 2.37. The van der Waals surface area contributed by atoms with Crippen molar-refractivity contribution >= 4 is 0 Å². The lowest BCUT2D eigenvalue weighted by molar-refractivity contribution is 0.229. The third-order valence-electron chi connectivity index (χ3n) is 3.62.